The summed E-state index contributed by atoms with van der Waals surface area (Å²) in [6.45, 7) is 7.80. The molecule has 0 aliphatic carbocycles. The largest absolute Gasteiger partial charge is 0.497 e. The van der Waals surface area contributed by atoms with E-state index in [1.165, 1.54) is 0 Å². The predicted octanol–water partition coefficient (Wildman–Crippen LogP) is 4.72. The van der Waals surface area contributed by atoms with Crippen LogP contribution in [0.15, 0.2) is 47.6 Å². The lowest BCUT2D eigenvalue weighted by molar-refractivity contribution is -0.112. The topological polar surface area (TPSA) is 95.5 Å². The van der Waals surface area contributed by atoms with Gasteiger partial charge in [0, 0.05) is 44.5 Å². The van der Waals surface area contributed by atoms with E-state index in [4.69, 9.17) is 23.7 Å². The molecule has 1 heterocycles. The van der Waals surface area contributed by atoms with Gasteiger partial charge in [0.25, 0.3) is 5.91 Å². The first-order valence-electron chi connectivity index (χ1n) is 13.0. The monoisotopic (exact) mass is 531 g/mol. The maximum absolute atomic E-state index is 13.0. The van der Waals surface area contributed by atoms with Crippen molar-refractivity contribution in [3.05, 3.63) is 53.1 Å². The van der Waals surface area contributed by atoms with Crippen molar-refractivity contribution < 1.29 is 33.6 Å². The van der Waals surface area contributed by atoms with Crippen LogP contribution >= 0.6 is 0 Å². The molecule has 0 spiro atoms. The number of nitrogens with one attached hydrogen (secondary N) is 1. The Hall–Kier alpha value is -2.65. The van der Waals surface area contributed by atoms with Gasteiger partial charge < -0.3 is 34.1 Å². The molecule has 0 saturated carbocycles. The van der Waals surface area contributed by atoms with Crippen LogP contribution in [-0.2, 0) is 25.4 Å². The smallest absolute Gasteiger partial charge is 0.251 e. The second kappa shape index (κ2) is 15.1. The third kappa shape index (κ3) is 8.17. The number of anilines is 1. The minimum absolute atomic E-state index is 0.0303. The Labute approximate surface area is 227 Å². The van der Waals surface area contributed by atoms with Crippen molar-refractivity contribution in [3.8, 4) is 11.5 Å². The van der Waals surface area contributed by atoms with E-state index in [-0.39, 0.29) is 30.0 Å². The zero-order valence-corrected chi connectivity index (χ0v) is 24.2. The molecule has 2 N–H and O–H groups in total. The molecule has 0 radical (unpaired) electrons. The minimum atomic E-state index is -0.862. The fraction of sp³-hybridized carbons (Fsp3) is 0.567. The first-order chi connectivity index (χ1) is 18.1. The molecule has 212 valence electrons. The average molecular weight is 532 g/mol. The molecule has 1 aliphatic heterocycles. The number of aliphatic hydroxyl groups excluding tert-OH is 1. The molecule has 0 fully saturated rings. The second-order valence-electron chi connectivity index (χ2n) is 9.99. The first-order valence-corrected chi connectivity index (χ1v) is 13.0. The van der Waals surface area contributed by atoms with E-state index < -0.39 is 12.2 Å². The summed E-state index contributed by atoms with van der Waals surface area (Å²) in [5, 5.41) is 13.9. The molecular formula is C30H45NO7. The molecule has 2 unspecified atom stereocenters. The van der Waals surface area contributed by atoms with E-state index in [0.29, 0.717) is 29.2 Å². The Bertz CT molecular complexity index is 1020. The number of rotatable bonds is 5. The summed E-state index contributed by atoms with van der Waals surface area (Å²) >= 11 is 0. The van der Waals surface area contributed by atoms with Gasteiger partial charge in [-0.05, 0) is 44.2 Å². The Morgan fingerprint density at radius 2 is 1.68 bits per heavy atom. The summed E-state index contributed by atoms with van der Waals surface area (Å²) in [6, 6.07) is 3.69. The highest BCUT2D eigenvalue weighted by Crippen LogP contribution is 2.36. The average Bonchev–Trinajstić information content (AvgIpc) is 2.89. The summed E-state index contributed by atoms with van der Waals surface area (Å²) in [5.41, 5.74) is 2.70. The van der Waals surface area contributed by atoms with Gasteiger partial charge in [0.2, 0.25) is 0 Å². The van der Waals surface area contributed by atoms with E-state index in [1.807, 2.05) is 19.1 Å². The van der Waals surface area contributed by atoms with Crippen molar-refractivity contribution in [3.63, 3.8) is 0 Å². The number of carbonyl (C=O) groups excluding carboxylic acids is 1. The number of methoxy groups -OCH3 is 5. The van der Waals surface area contributed by atoms with Crippen LogP contribution in [0.2, 0.25) is 0 Å². The van der Waals surface area contributed by atoms with E-state index in [0.717, 1.165) is 17.6 Å². The lowest BCUT2D eigenvalue weighted by Gasteiger charge is -2.31. The van der Waals surface area contributed by atoms with Crippen LogP contribution in [0.5, 0.6) is 11.5 Å². The van der Waals surface area contributed by atoms with E-state index >= 15 is 0 Å². The zero-order valence-electron chi connectivity index (χ0n) is 24.2. The third-order valence-electron chi connectivity index (χ3n) is 7.07. The van der Waals surface area contributed by atoms with E-state index in [1.54, 1.807) is 66.8 Å². The molecule has 2 bridgehead atoms. The molecule has 38 heavy (non-hydrogen) atoms. The molecule has 0 saturated heterocycles. The van der Waals surface area contributed by atoms with Gasteiger partial charge in [-0.15, -0.1) is 0 Å². The fourth-order valence-electron chi connectivity index (χ4n) is 4.97. The highest BCUT2D eigenvalue weighted by molar-refractivity contribution is 6.04. The van der Waals surface area contributed by atoms with Crippen molar-refractivity contribution in [2.24, 2.45) is 11.8 Å². The second-order valence-corrected chi connectivity index (χ2v) is 9.99. The Morgan fingerprint density at radius 3 is 2.26 bits per heavy atom. The van der Waals surface area contributed by atoms with Gasteiger partial charge in [0.05, 0.1) is 32.1 Å². The molecule has 1 aromatic carbocycles. The molecule has 1 amide bonds. The van der Waals surface area contributed by atoms with Crippen molar-refractivity contribution in [2.45, 2.75) is 65.0 Å². The van der Waals surface area contributed by atoms with Crippen LogP contribution in [-0.4, -0.2) is 71.0 Å². The van der Waals surface area contributed by atoms with Crippen molar-refractivity contribution in [1.29, 1.82) is 0 Å². The summed E-state index contributed by atoms with van der Waals surface area (Å²) in [4.78, 5) is 13.0. The number of allylic oxidation sites excluding steroid dienone is 2. The molecule has 1 aliphatic rings. The Kier molecular flexibility index (Phi) is 12.5. The fourth-order valence-corrected chi connectivity index (χ4v) is 4.97. The number of fused-ring (bicyclic) bond motifs is 2. The SMILES string of the molecule is COc1cc2c(OC)c(c1)NC(=O)/C(C)=C/C=C\[C@H](OC)C(O)/C(C)=C/[C@H](C)[C@@H](OC)C(OC)C[C@H](C)C2. The number of ether oxygens (including phenoxy) is 5. The van der Waals surface area contributed by atoms with Gasteiger partial charge in [-0.2, -0.15) is 0 Å². The summed E-state index contributed by atoms with van der Waals surface area (Å²) in [7, 11) is 8.11. The van der Waals surface area contributed by atoms with Gasteiger partial charge in [-0.1, -0.05) is 38.2 Å². The highest BCUT2D eigenvalue weighted by Gasteiger charge is 2.29. The van der Waals surface area contributed by atoms with Gasteiger partial charge in [0.1, 0.15) is 23.7 Å². The lowest BCUT2D eigenvalue weighted by Crippen LogP contribution is -2.37. The molecule has 8 nitrogen and oxygen atoms in total. The van der Waals surface area contributed by atoms with Crippen molar-refractivity contribution in [2.75, 3.05) is 40.9 Å². The van der Waals surface area contributed by atoms with Crippen LogP contribution in [0, 0.1) is 11.8 Å². The van der Waals surface area contributed by atoms with Crippen LogP contribution in [0.4, 0.5) is 5.69 Å². The van der Waals surface area contributed by atoms with Gasteiger partial charge >= 0.3 is 0 Å². The van der Waals surface area contributed by atoms with Gasteiger partial charge in [-0.3, -0.25) is 4.79 Å². The summed E-state index contributed by atoms with van der Waals surface area (Å²) in [6.07, 6.45) is 6.67. The molecule has 8 heteroatoms. The van der Waals surface area contributed by atoms with Gasteiger partial charge in [0.15, 0.2) is 0 Å². The highest BCUT2D eigenvalue weighted by atomic mass is 16.5. The number of carbonyl (C=O) groups is 1. The lowest BCUT2D eigenvalue weighted by atomic mass is 9.88. The van der Waals surface area contributed by atoms with E-state index in [2.05, 4.69) is 19.2 Å². The molecular weight excluding hydrogens is 486 g/mol. The normalized spacial score (nSPS) is 31.4. The number of benzene rings is 1. The molecule has 2 rings (SSSR count). The van der Waals surface area contributed by atoms with Crippen molar-refractivity contribution >= 4 is 11.6 Å². The predicted molar refractivity (Wildman–Crippen MR) is 150 cm³/mol. The maximum Gasteiger partial charge on any atom is 0.251 e. The first kappa shape index (κ1) is 31.6. The molecule has 1 aromatic rings. The summed E-state index contributed by atoms with van der Waals surface area (Å²) in [5.74, 6) is 1.10. The maximum atomic E-state index is 13.0. The standard InChI is InChI=1S/C30H45NO7/c1-18-13-22-16-23(34-5)17-24(29(22)38-9)31-30(33)19(2)11-10-12-25(35-6)27(32)20(3)15-21(4)28(37-8)26(14-18)36-7/h10-12,15-18,21,25-28,32H,13-14H2,1-9H3,(H,31,33)/b12-10-,19-11+,20-15+/t18-,21+,25+,26?,27?,28-/m1/s1. The molecule has 6 atom stereocenters. The summed E-state index contributed by atoms with van der Waals surface area (Å²) < 4.78 is 28.6. The Morgan fingerprint density at radius 1 is 0.974 bits per heavy atom. The number of hydrogen-bond acceptors (Lipinski definition) is 7. The van der Waals surface area contributed by atoms with Crippen molar-refractivity contribution in [1.82, 2.24) is 0 Å². The Balaban J connectivity index is 2.61. The third-order valence-corrected chi connectivity index (χ3v) is 7.07. The molecule has 0 aromatic heterocycles. The number of amides is 1. The minimum Gasteiger partial charge on any atom is -0.497 e. The van der Waals surface area contributed by atoms with Crippen LogP contribution in [0.3, 0.4) is 0 Å². The quantitative estimate of drug-likeness (QED) is 0.531. The van der Waals surface area contributed by atoms with Crippen LogP contribution in [0.25, 0.3) is 0 Å². The number of aliphatic hydroxyl groups is 1. The number of hydrogen-bond donors (Lipinski definition) is 2. The van der Waals surface area contributed by atoms with Crippen LogP contribution < -0.4 is 14.8 Å². The van der Waals surface area contributed by atoms with E-state index in [9.17, 15) is 9.90 Å². The zero-order chi connectivity index (χ0) is 28.4. The van der Waals surface area contributed by atoms with Crippen LogP contribution in [0.1, 0.15) is 39.7 Å². The van der Waals surface area contributed by atoms with Gasteiger partial charge in [-0.25, -0.2) is 0 Å².